The van der Waals surface area contributed by atoms with Gasteiger partial charge in [-0.1, -0.05) is 30.3 Å². The first-order valence-corrected chi connectivity index (χ1v) is 13.6. The van der Waals surface area contributed by atoms with Crippen molar-refractivity contribution in [3.8, 4) is 5.75 Å². The summed E-state index contributed by atoms with van der Waals surface area (Å²) in [6.07, 6.45) is 2.22. The van der Waals surface area contributed by atoms with Crippen LogP contribution in [0.2, 0.25) is 0 Å². The Morgan fingerprint density at radius 1 is 1.03 bits per heavy atom. The summed E-state index contributed by atoms with van der Waals surface area (Å²) < 4.78 is 33.6. The van der Waals surface area contributed by atoms with Gasteiger partial charge in [0.1, 0.15) is 17.8 Å². The first-order valence-electron chi connectivity index (χ1n) is 12.2. The van der Waals surface area contributed by atoms with Crippen LogP contribution in [0.15, 0.2) is 59.5 Å². The number of rotatable bonds is 8. The molecule has 2 heterocycles. The predicted molar refractivity (Wildman–Crippen MR) is 134 cm³/mol. The lowest BCUT2D eigenvalue weighted by Gasteiger charge is -2.49. The van der Waals surface area contributed by atoms with Gasteiger partial charge < -0.3 is 20.1 Å². The second-order valence-electron chi connectivity index (χ2n) is 9.67. The van der Waals surface area contributed by atoms with E-state index in [-0.39, 0.29) is 23.3 Å². The van der Waals surface area contributed by atoms with Crippen molar-refractivity contribution >= 4 is 28.0 Å². The number of aliphatic carboxylic acids is 1. The highest BCUT2D eigenvalue weighted by Crippen LogP contribution is 2.42. The molecule has 0 radical (unpaired) electrons. The molecule has 37 heavy (non-hydrogen) atoms. The van der Waals surface area contributed by atoms with Crippen molar-refractivity contribution in [1.82, 2.24) is 14.5 Å². The summed E-state index contributed by atoms with van der Waals surface area (Å²) in [6, 6.07) is 11.8. The van der Waals surface area contributed by atoms with Crippen LogP contribution in [-0.2, 0) is 26.0 Å². The number of ether oxygens (including phenoxy) is 1. The van der Waals surface area contributed by atoms with Gasteiger partial charge in [-0.05, 0) is 61.4 Å². The molecule has 2 amide bonds. The Hall–Kier alpha value is -3.44. The Labute approximate surface area is 216 Å². The zero-order valence-electron chi connectivity index (χ0n) is 20.7. The number of amides is 2. The first kappa shape index (κ1) is 26.6. The summed E-state index contributed by atoms with van der Waals surface area (Å²) in [5.41, 5.74) is 0.608. The molecule has 2 unspecified atom stereocenters. The predicted octanol–water partition coefficient (Wildman–Crippen LogP) is 2.49. The number of nitrogens with zero attached hydrogens (tertiary/aromatic N) is 2. The third kappa shape index (κ3) is 5.78. The molecule has 2 aromatic carbocycles. The smallest absolute Gasteiger partial charge is 0.414 e. The molecule has 5 rings (SSSR count). The number of sulfonamides is 1. The Bertz CT molecular complexity index is 1240. The van der Waals surface area contributed by atoms with Crippen LogP contribution in [-0.4, -0.2) is 72.9 Å². The lowest BCUT2D eigenvalue weighted by molar-refractivity contribution is -0.143. The number of piperidine rings is 2. The maximum Gasteiger partial charge on any atom is 0.414 e. The average Bonchev–Trinajstić information content (AvgIpc) is 2.89. The normalized spacial score (nSPS) is 22.2. The van der Waals surface area contributed by atoms with E-state index >= 15 is 0 Å². The van der Waals surface area contributed by atoms with E-state index in [2.05, 4.69) is 5.32 Å². The van der Waals surface area contributed by atoms with Crippen LogP contribution in [0.4, 0.5) is 4.79 Å². The Morgan fingerprint density at radius 3 is 2.22 bits per heavy atom. The van der Waals surface area contributed by atoms with Gasteiger partial charge in [0.2, 0.25) is 15.9 Å². The SMILES string of the molecule is CN(C)C(=O)Oc1ccc(CC(NC(=O)C2C3CCC(CC3)N2S(=O)(=O)c2ccccc2)C(=O)O)cc1. The number of carboxylic acids is 1. The van der Waals surface area contributed by atoms with Crippen LogP contribution < -0.4 is 10.1 Å². The minimum absolute atomic E-state index is 0.0186. The number of hydrogen-bond acceptors (Lipinski definition) is 6. The molecule has 1 aliphatic carbocycles. The summed E-state index contributed by atoms with van der Waals surface area (Å²) >= 11 is 0. The number of carboxylic acid groups (broad SMARTS) is 1. The van der Waals surface area contributed by atoms with Crippen LogP contribution in [0, 0.1) is 5.92 Å². The number of fused-ring (bicyclic) bond motifs is 3. The van der Waals surface area contributed by atoms with Gasteiger partial charge in [0.05, 0.1) is 4.90 Å². The Balaban J connectivity index is 1.51. The highest BCUT2D eigenvalue weighted by molar-refractivity contribution is 7.89. The molecule has 2 atom stereocenters. The molecule has 3 fully saturated rings. The van der Waals surface area contributed by atoms with E-state index in [1.54, 1.807) is 56.6 Å². The van der Waals surface area contributed by atoms with Gasteiger partial charge in [0.25, 0.3) is 0 Å². The topological polar surface area (TPSA) is 133 Å². The van der Waals surface area contributed by atoms with Gasteiger partial charge in [-0.15, -0.1) is 0 Å². The van der Waals surface area contributed by atoms with Crippen molar-refractivity contribution in [2.45, 2.75) is 55.1 Å². The highest BCUT2D eigenvalue weighted by Gasteiger charge is 2.51. The highest BCUT2D eigenvalue weighted by atomic mass is 32.2. The van der Waals surface area contributed by atoms with Crippen LogP contribution in [0.3, 0.4) is 0 Å². The van der Waals surface area contributed by atoms with Crippen molar-refractivity contribution in [3.63, 3.8) is 0 Å². The summed E-state index contributed by atoms with van der Waals surface area (Å²) in [6.45, 7) is 0. The number of carbonyl (C=O) groups excluding carboxylic acids is 2. The van der Waals surface area contributed by atoms with Crippen molar-refractivity contribution in [1.29, 1.82) is 0 Å². The molecular weight excluding hydrogens is 498 g/mol. The second kappa shape index (κ2) is 10.9. The maximum absolute atomic E-state index is 13.5. The fourth-order valence-electron chi connectivity index (χ4n) is 5.07. The molecule has 2 N–H and O–H groups in total. The molecule has 2 aliphatic heterocycles. The van der Waals surface area contributed by atoms with Gasteiger partial charge in [-0.3, -0.25) is 4.79 Å². The molecule has 3 aliphatic rings. The van der Waals surface area contributed by atoms with E-state index in [4.69, 9.17) is 4.74 Å². The molecule has 11 heteroatoms. The quantitative estimate of drug-likeness (QED) is 0.537. The lowest BCUT2D eigenvalue weighted by atomic mass is 9.76. The zero-order valence-corrected chi connectivity index (χ0v) is 21.6. The largest absolute Gasteiger partial charge is 0.480 e. The third-order valence-electron chi connectivity index (χ3n) is 6.96. The molecular formula is C26H31N3O7S. The first-order chi connectivity index (χ1) is 17.6. The van der Waals surface area contributed by atoms with Crippen molar-refractivity contribution < 1.29 is 32.6 Å². The second-order valence-corrected chi connectivity index (χ2v) is 11.5. The fraction of sp³-hybridized carbons (Fsp3) is 0.423. The third-order valence-corrected chi connectivity index (χ3v) is 8.91. The van der Waals surface area contributed by atoms with Crippen LogP contribution >= 0.6 is 0 Å². The van der Waals surface area contributed by atoms with Crippen molar-refractivity contribution in [3.05, 3.63) is 60.2 Å². The molecule has 198 valence electrons. The number of carbonyl (C=O) groups is 3. The van der Waals surface area contributed by atoms with Gasteiger partial charge >= 0.3 is 12.1 Å². The van der Waals surface area contributed by atoms with E-state index in [1.165, 1.54) is 21.3 Å². The Morgan fingerprint density at radius 2 is 1.65 bits per heavy atom. The summed E-state index contributed by atoms with van der Waals surface area (Å²) in [5.74, 6) is -1.70. The maximum atomic E-state index is 13.5. The van der Waals surface area contributed by atoms with Crippen molar-refractivity contribution in [2.24, 2.45) is 5.92 Å². The number of hydrogen-bond donors (Lipinski definition) is 2. The van der Waals surface area contributed by atoms with Crippen LogP contribution in [0.1, 0.15) is 31.2 Å². The summed E-state index contributed by atoms with van der Waals surface area (Å²) in [4.78, 5) is 38.6. The molecule has 1 saturated carbocycles. The van der Waals surface area contributed by atoms with E-state index in [1.807, 2.05) is 0 Å². The van der Waals surface area contributed by atoms with E-state index < -0.39 is 40.1 Å². The molecule has 0 aromatic heterocycles. The lowest BCUT2D eigenvalue weighted by Crippen LogP contribution is -2.63. The molecule has 2 aromatic rings. The fourth-order valence-corrected chi connectivity index (χ4v) is 6.99. The molecule has 10 nitrogen and oxygen atoms in total. The number of benzene rings is 2. The Kier molecular flexibility index (Phi) is 7.84. The van der Waals surface area contributed by atoms with Crippen LogP contribution in [0.25, 0.3) is 0 Å². The van der Waals surface area contributed by atoms with Crippen LogP contribution in [0.5, 0.6) is 5.75 Å². The minimum atomic E-state index is -3.94. The molecule has 2 bridgehead atoms. The monoisotopic (exact) mass is 529 g/mol. The summed E-state index contributed by atoms with van der Waals surface area (Å²) in [7, 11) is -0.829. The zero-order chi connectivity index (χ0) is 26.7. The summed E-state index contributed by atoms with van der Waals surface area (Å²) in [5, 5.41) is 12.4. The van der Waals surface area contributed by atoms with Crippen molar-refractivity contribution in [2.75, 3.05) is 14.1 Å². The molecule has 0 spiro atoms. The number of nitrogens with one attached hydrogen (secondary N) is 1. The van der Waals surface area contributed by atoms with Gasteiger partial charge in [0.15, 0.2) is 0 Å². The molecule has 2 saturated heterocycles. The average molecular weight is 530 g/mol. The standard InChI is InChI=1S/C26H31N3O7S/c1-28(2)26(33)36-20-14-8-17(9-15-20)16-22(25(31)32)27-24(30)23-18-10-12-19(13-11-18)29(23)37(34,35)21-6-4-3-5-7-21/h3-9,14-15,18-19,22-23H,10-13,16H2,1-2H3,(H,27,30)(H,31,32). The van der Waals surface area contributed by atoms with Gasteiger partial charge in [0, 0.05) is 26.6 Å². The van der Waals surface area contributed by atoms with E-state index in [0.717, 1.165) is 0 Å². The van der Waals surface area contributed by atoms with E-state index in [9.17, 15) is 27.9 Å². The van der Waals surface area contributed by atoms with Gasteiger partial charge in [-0.2, -0.15) is 4.31 Å². The minimum Gasteiger partial charge on any atom is -0.480 e. The van der Waals surface area contributed by atoms with Gasteiger partial charge in [-0.25, -0.2) is 18.0 Å². The van der Waals surface area contributed by atoms with E-state index in [0.29, 0.717) is 37.0 Å².